The monoisotopic (exact) mass is 416 g/mol. The van der Waals surface area contributed by atoms with Crippen LogP contribution in [-0.2, 0) is 0 Å². The zero-order valence-electron chi connectivity index (χ0n) is 5.91. The van der Waals surface area contributed by atoms with Gasteiger partial charge in [-0.05, 0) is 63.7 Å². The molecule has 11 heavy (non-hydrogen) atoms. The topological polar surface area (TPSA) is 40.5 Å². The van der Waals surface area contributed by atoms with Crippen molar-refractivity contribution >= 4 is 63.7 Å². The molecule has 2 N–H and O–H groups in total. The molecule has 0 heterocycles. The normalized spacial score (nSPS) is 15.3. The summed E-state index contributed by atoms with van der Waals surface area (Å²) in [7, 11) is 0. The van der Waals surface area contributed by atoms with Crippen LogP contribution in [0.4, 0.5) is 0 Å². The molecule has 0 atom stereocenters. The first kappa shape index (κ1) is 12.8. The summed E-state index contributed by atoms with van der Waals surface area (Å²) in [6, 6.07) is 0. The van der Waals surface area contributed by atoms with Crippen molar-refractivity contribution in [1.82, 2.24) is 0 Å². The van der Waals surface area contributed by atoms with Gasteiger partial charge in [0.15, 0.2) is 6.84 Å². The maximum absolute atomic E-state index is 9.49. The molecule has 0 aromatic rings. The Morgan fingerprint density at radius 2 is 1.00 bits per heavy atom. The number of halogens is 4. The molecule has 0 radical (unpaired) electrons. The van der Waals surface area contributed by atoms with Crippen LogP contribution in [0.15, 0.2) is 0 Å². The zero-order valence-corrected chi connectivity index (χ0v) is 12.3. The van der Waals surface area contributed by atoms with E-state index in [1.165, 1.54) is 0 Å². The van der Waals surface area contributed by atoms with Gasteiger partial charge in [0, 0.05) is 0 Å². The van der Waals surface area contributed by atoms with E-state index in [0.29, 0.717) is 0 Å². The average Bonchev–Trinajstić information content (AvgIpc) is 1.58. The van der Waals surface area contributed by atoms with Gasteiger partial charge in [0.2, 0.25) is 0 Å². The van der Waals surface area contributed by atoms with Crippen LogP contribution >= 0.6 is 63.7 Å². The van der Waals surface area contributed by atoms with E-state index in [1.807, 2.05) is 0 Å². The van der Waals surface area contributed by atoms with Gasteiger partial charge in [-0.1, -0.05) is 13.8 Å². The molecule has 0 saturated carbocycles. The largest absolute Gasteiger partial charge is 0.369 e. The van der Waals surface area contributed by atoms with E-state index < -0.39 is 12.3 Å². The first-order chi connectivity index (χ1) is 4.50. The second kappa shape index (κ2) is 3.53. The summed E-state index contributed by atoms with van der Waals surface area (Å²) in [5, 5.41) is 19.0. The highest BCUT2D eigenvalue weighted by Crippen LogP contribution is 2.53. The van der Waals surface area contributed by atoms with Gasteiger partial charge in [0.05, 0.1) is 5.41 Å². The van der Waals surface area contributed by atoms with Crippen molar-refractivity contribution < 1.29 is 10.2 Å². The van der Waals surface area contributed by atoms with Gasteiger partial charge in [-0.3, -0.25) is 0 Å². The minimum atomic E-state index is -1.34. The maximum atomic E-state index is 9.49. The van der Waals surface area contributed by atoms with Crippen molar-refractivity contribution in [2.24, 2.45) is 5.41 Å². The number of alkyl halides is 4. The first-order valence-corrected chi connectivity index (χ1v) is 5.88. The van der Waals surface area contributed by atoms with E-state index in [0.717, 1.165) is 0 Å². The molecule has 0 rings (SSSR count). The molecule has 6 heteroatoms. The second-order valence-corrected chi connectivity index (χ2v) is 9.43. The number of hydrogen-bond acceptors (Lipinski definition) is 2. The smallest absolute Gasteiger partial charge is 0.184 e. The Morgan fingerprint density at radius 3 is 1.00 bits per heavy atom. The van der Waals surface area contributed by atoms with Crippen LogP contribution in [0.2, 0.25) is 0 Å². The fourth-order valence-electron chi connectivity index (χ4n) is 0.181. The fourth-order valence-corrected chi connectivity index (χ4v) is 2.39. The predicted octanol–water partition coefficient (Wildman–Crippen LogP) is 2.88. The molecule has 0 unspecified atom stereocenters. The van der Waals surface area contributed by atoms with E-state index in [4.69, 9.17) is 0 Å². The molecule has 0 spiro atoms. The van der Waals surface area contributed by atoms with E-state index in [1.54, 1.807) is 13.8 Å². The Labute approximate surface area is 99.3 Å². The quantitative estimate of drug-likeness (QED) is 0.676. The van der Waals surface area contributed by atoms with Crippen molar-refractivity contribution in [2.75, 3.05) is 0 Å². The van der Waals surface area contributed by atoms with Crippen molar-refractivity contribution in [2.45, 2.75) is 20.7 Å². The number of rotatable bonds is 2. The third kappa shape index (κ3) is 2.91. The predicted molar refractivity (Wildman–Crippen MR) is 59.4 cm³/mol. The van der Waals surface area contributed by atoms with Crippen molar-refractivity contribution in [3.05, 3.63) is 0 Å². The standard InChI is InChI=1S/C5H8Br4O2/c1-3(2,4(6,7)10)5(8,9)11/h10-11H,1-2H3. The Hall–Kier alpha value is 1.84. The van der Waals surface area contributed by atoms with Gasteiger partial charge in [0.25, 0.3) is 0 Å². The third-order valence-electron chi connectivity index (χ3n) is 1.50. The highest BCUT2D eigenvalue weighted by molar-refractivity contribution is 9.26. The van der Waals surface area contributed by atoms with Crippen LogP contribution in [0.3, 0.4) is 0 Å². The Morgan fingerprint density at radius 1 is 0.818 bits per heavy atom. The minimum Gasteiger partial charge on any atom is -0.369 e. The lowest BCUT2D eigenvalue weighted by molar-refractivity contribution is 0.0206. The van der Waals surface area contributed by atoms with E-state index >= 15 is 0 Å². The van der Waals surface area contributed by atoms with Crippen LogP contribution < -0.4 is 0 Å². The third-order valence-corrected chi connectivity index (χ3v) is 5.47. The van der Waals surface area contributed by atoms with Crippen molar-refractivity contribution in [1.29, 1.82) is 0 Å². The van der Waals surface area contributed by atoms with Gasteiger partial charge >= 0.3 is 0 Å². The molecule has 0 aliphatic carbocycles. The molecule has 0 fully saturated rings. The molecular formula is C5H8Br4O2. The Kier molecular flexibility index (Phi) is 4.13. The summed E-state index contributed by atoms with van der Waals surface area (Å²) in [4.78, 5) is 0. The molecule has 0 aliphatic rings. The lowest BCUT2D eigenvalue weighted by atomic mass is 9.96. The summed E-state index contributed by atoms with van der Waals surface area (Å²) in [6.45, 7) is 3.33. The SMILES string of the molecule is CC(C)(C(O)(Br)Br)C(O)(Br)Br. The molecule has 0 aromatic heterocycles. The Balaban J connectivity index is 4.75. The van der Waals surface area contributed by atoms with Crippen LogP contribution in [0.5, 0.6) is 0 Å². The lowest BCUT2D eigenvalue weighted by Crippen LogP contribution is -2.46. The van der Waals surface area contributed by atoms with Crippen LogP contribution in [-0.4, -0.2) is 17.1 Å². The number of aliphatic hydroxyl groups is 2. The summed E-state index contributed by atoms with van der Waals surface area (Å²) in [5.74, 6) is 0. The highest BCUT2D eigenvalue weighted by atomic mass is 79.9. The molecule has 0 aliphatic heterocycles. The Bertz CT molecular complexity index is 128. The van der Waals surface area contributed by atoms with Crippen LogP contribution in [0.1, 0.15) is 13.8 Å². The van der Waals surface area contributed by atoms with Crippen LogP contribution in [0.25, 0.3) is 0 Å². The summed E-state index contributed by atoms with van der Waals surface area (Å²) >= 11 is 12.0. The molecule has 2 nitrogen and oxygen atoms in total. The van der Waals surface area contributed by atoms with Crippen LogP contribution in [0, 0.1) is 5.41 Å². The average molecular weight is 420 g/mol. The van der Waals surface area contributed by atoms with E-state index in [2.05, 4.69) is 63.7 Å². The lowest BCUT2D eigenvalue weighted by Gasteiger charge is -2.40. The van der Waals surface area contributed by atoms with E-state index in [9.17, 15) is 10.2 Å². The molecule has 68 valence electrons. The maximum Gasteiger partial charge on any atom is 0.184 e. The minimum absolute atomic E-state index is 0.847. The summed E-state index contributed by atoms with van der Waals surface area (Å²) in [5.41, 5.74) is -0.847. The van der Waals surface area contributed by atoms with Gasteiger partial charge in [0.1, 0.15) is 0 Å². The summed E-state index contributed by atoms with van der Waals surface area (Å²) < 4.78 is -2.68. The molecule has 0 aromatic carbocycles. The summed E-state index contributed by atoms with van der Waals surface area (Å²) in [6.07, 6.45) is 0. The first-order valence-electron chi connectivity index (χ1n) is 2.70. The van der Waals surface area contributed by atoms with Crippen molar-refractivity contribution in [3.63, 3.8) is 0 Å². The van der Waals surface area contributed by atoms with Crippen molar-refractivity contribution in [3.8, 4) is 0 Å². The fraction of sp³-hybridized carbons (Fsp3) is 1.00. The zero-order chi connectivity index (χ0) is 9.50. The second-order valence-electron chi connectivity index (χ2n) is 2.71. The molecule has 0 saturated heterocycles. The van der Waals surface area contributed by atoms with Gasteiger partial charge < -0.3 is 10.2 Å². The number of hydrogen-bond donors (Lipinski definition) is 2. The van der Waals surface area contributed by atoms with Gasteiger partial charge in [-0.25, -0.2) is 0 Å². The molecule has 0 bridgehead atoms. The van der Waals surface area contributed by atoms with E-state index in [-0.39, 0.29) is 0 Å². The highest BCUT2D eigenvalue weighted by Gasteiger charge is 2.52. The molecular weight excluding hydrogens is 412 g/mol. The van der Waals surface area contributed by atoms with Gasteiger partial charge in [-0.15, -0.1) is 0 Å². The van der Waals surface area contributed by atoms with Gasteiger partial charge in [-0.2, -0.15) is 0 Å². The molecule has 0 amide bonds.